The second kappa shape index (κ2) is 16.4. The van der Waals surface area contributed by atoms with E-state index in [1.54, 1.807) is 6.08 Å². The predicted molar refractivity (Wildman–Crippen MR) is 188 cm³/mol. The lowest BCUT2D eigenvalue weighted by Gasteiger charge is -2.33. The zero-order chi connectivity index (χ0) is 38.5. The van der Waals surface area contributed by atoms with Crippen molar-refractivity contribution in [1.82, 2.24) is 10.2 Å². The Labute approximate surface area is 309 Å². The van der Waals surface area contributed by atoms with Crippen molar-refractivity contribution in [3.8, 4) is 0 Å². The number of carbonyl (C=O) groups excluding carboxylic acids is 4. The summed E-state index contributed by atoms with van der Waals surface area (Å²) in [7, 11) is 1.52. The number of hydrogen-bond acceptors (Lipinski definition) is 9. The number of ether oxygens (including phenoxy) is 4. The summed E-state index contributed by atoms with van der Waals surface area (Å²) in [5.74, 6) is -3.98. The monoisotopic (exact) mass is 748 g/mol. The average Bonchev–Trinajstić information content (AvgIpc) is 3.71. The standard InChI is InChI=1S/C40H39F3N2O9/c1-45(31(36(48)44-16-17-46)19-25-8-3-2-4-9-25)37(49)30-20-32(35-33(21-30)53-39(54-35)22-28-11-5-6-12-29(28)23-39)52-38(50)27-13-7-10-26(18-27)14-15-34(47)51-24-40(41,42)43/h2-15,18,21,31-33,35,46H,16-17,19-20,22-24H2,1H3,(H,44,48). The topological polar surface area (TPSA) is 141 Å². The molecule has 3 aromatic carbocycles. The van der Waals surface area contributed by atoms with Gasteiger partial charge >= 0.3 is 18.1 Å². The number of benzene rings is 3. The molecule has 1 fully saturated rings. The smallest absolute Gasteiger partial charge is 0.422 e. The molecule has 0 bridgehead atoms. The lowest BCUT2D eigenvalue weighted by atomic mass is 9.90. The first-order valence-electron chi connectivity index (χ1n) is 17.4. The predicted octanol–water partition coefficient (Wildman–Crippen LogP) is 4.12. The fraction of sp³-hybridized carbons (Fsp3) is 0.350. The summed E-state index contributed by atoms with van der Waals surface area (Å²) < 4.78 is 60.6. The number of likely N-dealkylation sites (N-methyl/N-ethyl adjacent to an activating group) is 1. The molecule has 2 aliphatic carbocycles. The van der Waals surface area contributed by atoms with Crippen LogP contribution in [0.15, 0.2) is 96.6 Å². The van der Waals surface area contributed by atoms with Gasteiger partial charge in [0, 0.05) is 50.9 Å². The minimum absolute atomic E-state index is 0.00537. The minimum atomic E-state index is -4.67. The average molecular weight is 749 g/mol. The van der Waals surface area contributed by atoms with Crippen molar-refractivity contribution >= 4 is 29.8 Å². The lowest BCUT2D eigenvalue weighted by Crippen LogP contribution is -2.51. The maximum Gasteiger partial charge on any atom is 0.422 e. The zero-order valence-corrected chi connectivity index (χ0v) is 29.3. The molecule has 11 nitrogen and oxygen atoms in total. The number of alkyl halides is 3. The van der Waals surface area contributed by atoms with Gasteiger partial charge in [-0.15, -0.1) is 0 Å². The Balaban J connectivity index is 1.24. The van der Waals surface area contributed by atoms with Gasteiger partial charge in [-0.1, -0.05) is 66.7 Å². The van der Waals surface area contributed by atoms with Gasteiger partial charge in [0.2, 0.25) is 11.8 Å². The largest absolute Gasteiger partial charge is 0.456 e. The molecule has 1 heterocycles. The van der Waals surface area contributed by atoms with E-state index in [0.29, 0.717) is 18.4 Å². The fourth-order valence-corrected chi connectivity index (χ4v) is 6.90. The van der Waals surface area contributed by atoms with Gasteiger partial charge in [-0.2, -0.15) is 13.2 Å². The number of carbonyl (C=O) groups is 4. The summed E-state index contributed by atoms with van der Waals surface area (Å²) in [4.78, 5) is 54.3. The van der Waals surface area contributed by atoms with E-state index in [1.165, 1.54) is 42.3 Å². The van der Waals surface area contributed by atoms with Crippen LogP contribution in [0, 0.1) is 0 Å². The van der Waals surface area contributed by atoms with Crippen LogP contribution in [0.4, 0.5) is 13.2 Å². The molecular formula is C40H39F3N2O9. The fourth-order valence-electron chi connectivity index (χ4n) is 6.90. The molecule has 3 aromatic rings. The second-order valence-corrected chi connectivity index (χ2v) is 13.4. The number of esters is 2. The van der Waals surface area contributed by atoms with Crippen LogP contribution in [-0.4, -0.2) is 96.9 Å². The number of amides is 2. The Bertz CT molecular complexity index is 1910. The SMILES string of the molecule is CN(C(=O)C1=CC2OC3(Cc4ccccc4C3)OC2C(OC(=O)c2cccc(C=CC(=O)OCC(F)(F)F)c2)C1)C(Cc1ccccc1)C(=O)NCCO. The van der Waals surface area contributed by atoms with Crippen molar-refractivity contribution < 1.29 is 56.4 Å². The number of halogens is 3. The first kappa shape index (κ1) is 38.4. The molecule has 0 saturated carbocycles. The van der Waals surface area contributed by atoms with Crippen molar-refractivity contribution in [1.29, 1.82) is 0 Å². The molecule has 2 N–H and O–H groups in total. The summed E-state index contributed by atoms with van der Waals surface area (Å²) in [6.07, 6.45) is -2.54. The van der Waals surface area contributed by atoms with Crippen LogP contribution < -0.4 is 5.32 Å². The van der Waals surface area contributed by atoms with Crippen molar-refractivity contribution in [2.45, 2.75) is 62.0 Å². The molecule has 4 unspecified atom stereocenters. The lowest BCUT2D eigenvalue weighted by molar-refractivity contribution is -0.182. The third-order valence-electron chi connectivity index (χ3n) is 9.44. The number of aliphatic hydroxyl groups is 1. The molecule has 3 aliphatic rings. The molecule has 4 atom stereocenters. The molecule has 0 aromatic heterocycles. The van der Waals surface area contributed by atoms with E-state index in [0.717, 1.165) is 22.8 Å². The quantitative estimate of drug-likeness (QED) is 0.207. The number of hydrogen-bond donors (Lipinski definition) is 2. The summed E-state index contributed by atoms with van der Waals surface area (Å²) in [5, 5.41) is 12.0. The van der Waals surface area contributed by atoms with E-state index < -0.39 is 66.7 Å². The third-order valence-corrected chi connectivity index (χ3v) is 9.44. The molecule has 1 saturated heterocycles. The molecular weight excluding hydrogens is 709 g/mol. The third kappa shape index (κ3) is 9.24. The number of nitrogens with zero attached hydrogens (tertiary/aromatic N) is 1. The van der Waals surface area contributed by atoms with Crippen LogP contribution >= 0.6 is 0 Å². The summed E-state index contributed by atoms with van der Waals surface area (Å²) >= 11 is 0. The van der Waals surface area contributed by atoms with Gasteiger partial charge in [-0.05, 0) is 46.5 Å². The van der Waals surface area contributed by atoms with E-state index in [2.05, 4.69) is 10.1 Å². The van der Waals surface area contributed by atoms with Crippen LogP contribution in [0.5, 0.6) is 0 Å². The van der Waals surface area contributed by atoms with Crippen LogP contribution in [0.1, 0.15) is 39.0 Å². The minimum Gasteiger partial charge on any atom is -0.456 e. The highest BCUT2D eigenvalue weighted by Crippen LogP contribution is 2.45. The zero-order valence-electron chi connectivity index (χ0n) is 29.3. The van der Waals surface area contributed by atoms with E-state index in [-0.39, 0.29) is 37.1 Å². The Hall–Kier alpha value is -5.31. The maximum atomic E-state index is 14.2. The highest BCUT2D eigenvalue weighted by Gasteiger charge is 2.55. The van der Waals surface area contributed by atoms with E-state index in [4.69, 9.17) is 14.2 Å². The number of aliphatic hydroxyl groups excluding tert-OH is 1. The maximum absolute atomic E-state index is 14.2. The Morgan fingerprint density at radius 2 is 1.70 bits per heavy atom. The van der Waals surface area contributed by atoms with Gasteiger partial charge in [0.05, 0.1) is 12.2 Å². The van der Waals surface area contributed by atoms with Crippen molar-refractivity contribution in [2.75, 3.05) is 26.8 Å². The van der Waals surface area contributed by atoms with Gasteiger partial charge in [-0.25, -0.2) is 9.59 Å². The summed E-state index contributed by atoms with van der Waals surface area (Å²) in [6, 6.07) is 22.0. The van der Waals surface area contributed by atoms with Crippen molar-refractivity contribution in [2.24, 2.45) is 0 Å². The molecule has 1 spiro atoms. The van der Waals surface area contributed by atoms with E-state index >= 15 is 0 Å². The first-order valence-corrected chi connectivity index (χ1v) is 17.4. The van der Waals surface area contributed by atoms with Gasteiger partial charge in [0.1, 0.15) is 24.4 Å². The molecule has 6 rings (SSSR count). The van der Waals surface area contributed by atoms with Crippen LogP contribution in [0.3, 0.4) is 0 Å². The van der Waals surface area contributed by atoms with Gasteiger partial charge in [0.15, 0.2) is 12.4 Å². The first-order chi connectivity index (χ1) is 25.8. The van der Waals surface area contributed by atoms with Gasteiger partial charge < -0.3 is 34.3 Å². The second-order valence-electron chi connectivity index (χ2n) is 13.4. The molecule has 14 heteroatoms. The van der Waals surface area contributed by atoms with Crippen molar-refractivity contribution in [3.05, 3.63) is 124 Å². The number of nitrogens with one attached hydrogen (secondary N) is 1. The molecule has 54 heavy (non-hydrogen) atoms. The number of rotatable bonds is 12. The Kier molecular flexibility index (Phi) is 11.6. The highest BCUT2D eigenvalue weighted by molar-refractivity contribution is 5.97. The normalized spacial score (nSPS) is 20.5. The van der Waals surface area contributed by atoms with Crippen molar-refractivity contribution in [3.63, 3.8) is 0 Å². The Morgan fingerprint density at radius 3 is 2.39 bits per heavy atom. The molecule has 284 valence electrons. The van der Waals surface area contributed by atoms with E-state index in [9.17, 15) is 37.5 Å². The van der Waals surface area contributed by atoms with Crippen LogP contribution in [0.25, 0.3) is 6.08 Å². The number of fused-ring (bicyclic) bond motifs is 2. The van der Waals surface area contributed by atoms with E-state index in [1.807, 2.05) is 54.6 Å². The highest BCUT2D eigenvalue weighted by atomic mass is 19.4. The van der Waals surface area contributed by atoms with Crippen LogP contribution in [-0.2, 0) is 52.6 Å². The molecule has 1 aliphatic heterocycles. The van der Waals surface area contributed by atoms with Gasteiger partial charge in [-0.3, -0.25) is 9.59 Å². The summed E-state index contributed by atoms with van der Waals surface area (Å²) in [6.45, 7) is -2.00. The molecule has 0 radical (unpaired) electrons. The molecule has 2 amide bonds. The Morgan fingerprint density at radius 1 is 1.00 bits per heavy atom. The van der Waals surface area contributed by atoms with Crippen LogP contribution in [0.2, 0.25) is 0 Å². The summed E-state index contributed by atoms with van der Waals surface area (Å²) in [5.41, 5.74) is 3.55. The van der Waals surface area contributed by atoms with Gasteiger partial charge in [0.25, 0.3) is 0 Å².